The third-order valence-corrected chi connectivity index (χ3v) is 3.26. The first-order chi connectivity index (χ1) is 7.70. The average Bonchev–Trinajstić information content (AvgIpc) is 2.95. The van der Waals surface area contributed by atoms with Gasteiger partial charge in [-0.15, -0.1) is 0 Å². The van der Waals surface area contributed by atoms with Crippen LogP contribution in [0.5, 0.6) is 5.75 Å². The molecule has 0 spiro atoms. The van der Waals surface area contributed by atoms with Crippen LogP contribution in [0.3, 0.4) is 0 Å². The third-order valence-electron chi connectivity index (χ3n) is 3.26. The minimum absolute atomic E-state index is 0.436. The fourth-order valence-corrected chi connectivity index (χ4v) is 1.99. The van der Waals surface area contributed by atoms with Gasteiger partial charge in [-0.2, -0.15) is 0 Å². The zero-order valence-corrected chi connectivity index (χ0v) is 10.4. The maximum absolute atomic E-state index is 5.43. The van der Waals surface area contributed by atoms with Crippen LogP contribution >= 0.6 is 0 Å². The number of nitrogens with one attached hydrogen (secondary N) is 1. The van der Waals surface area contributed by atoms with E-state index in [1.54, 1.807) is 0 Å². The van der Waals surface area contributed by atoms with E-state index in [4.69, 9.17) is 4.74 Å². The largest absolute Gasteiger partial charge is 0.494 e. The molecule has 0 amide bonds. The van der Waals surface area contributed by atoms with Gasteiger partial charge in [0.15, 0.2) is 0 Å². The molecular weight excluding hydrogens is 198 g/mol. The van der Waals surface area contributed by atoms with Gasteiger partial charge >= 0.3 is 0 Å². The Labute approximate surface area is 98.0 Å². The molecule has 2 nitrogen and oxygen atoms in total. The second-order valence-corrected chi connectivity index (χ2v) is 4.71. The van der Waals surface area contributed by atoms with Gasteiger partial charge in [0.1, 0.15) is 5.75 Å². The first-order valence-electron chi connectivity index (χ1n) is 6.19. The van der Waals surface area contributed by atoms with Crippen LogP contribution in [0.2, 0.25) is 0 Å². The Morgan fingerprint density at radius 2 is 2.00 bits per heavy atom. The smallest absolute Gasteiger partial charge is 0.119 e. The molecule has 2 rings (SSSR count). The molecule has 1 fully saturated rings. The van der Waals surface area contributed by atoms with Crippen molar-refractivity contribution in [3.8, 4) is 5.75 Å². The van der Waals surface area contributed by atoms with Gasteiger partial charge in [-0.25, -0.2) is 0 Å². The molecule has 0 radical (unpaired) electrons. The monoisotopic (exact) mass is 219 g/mol. The van der Waals surface area contributed by atoms with E-state index >= 15 is 0 Å². The van der Waals surface area contributed by atoms with Crippen molar-refractivity contribution >= 4 is 0 Å². The normalized spacial score (nSPS) is 25.2. The van der Waals surface area contributed by atoms with Gasteiger partial charge in [-0.1, -0.05) is 19.1 Å². The van der Waals surface area contributed by atoms with Crippen molar-refractivity contribution in [2.24, 2.45) is 5.92 Å². The lowest BCUT2D eigenvalue weighted by Crippen LogP contribution is -2.21. The summed E-state index contributed by atoms with van der Waals surface area (Å²) in [4.78, 5) is 0. The van der Waals surface area contributed by atoms with E-state index in [1.807, 2.05) is 19.1 Å². The van der Waals surface area contributed by atoms with Crippen LogP contribution in [0.25, 0.3) is 0 Å². The molecule has 1 N–H and O–H groups in total. The Balaban J connectivity index is 1.92. The number of rotatable bonds is 5. The van der Waals surface area contributed by atoms with Crippen LogP contribution in [-0.2, 0) is 0 Å². The Hall–Kier alpha value is -1.02. The third kappa shape index (κ3) is 2.76. The summed E-state index contributed by atoms with van der Waals surface area (Å²) in [6.07, 6.45) is 1.32. The van der Waals surface area contributed by atoms with Crippen molar-refractivity contribution in [1.29, 1.82) is 0 Å². The van der Waals surface area contributed by atoms with Crippen molar-refractivity contribution in [3.63, 3.8) is 0 Å². The highest BCUT2D eigenvalue weighted by Crippen LogP contribution is 2.31. The van der Waals surface area contributed by atoms with Crippen molar-refractivity contribution in [2.75, 3.05) is 6.61 Å². The maximum Gasteiger partial charge on any atom is 0.119 e. The minimum Gasteiger partial charge on any atom is -0.494 e. The van der Waals surface area contributed by atoms with Crippen LogP contribution in [-0.4, -0.2) is 12.6 Å². The molecule has 16 heavy (non-hydrogen) atoms. The summed E-state index contributed by atoms with van der Waals surface area (Å²) in [7, 11) is 0. The Morgan fingerprint density at radius 3 is 2.50 bits per heavy atom. The summed E-state index contributed by atoms with van der Waals surface area (Å²) < 4.78 is 5.43. The van der Waals surface area contributed by atoms with Crippen molar-refractivity contribution in [1.82, 2.24) is 5.32 Å². The van der Waals surface area contributed by atoms with E-state index in [1.165, 1.54) is 12.0 Å². The first kappa shape index (κ1) is 11.5. The van der Waals surface area contributed by atoms with E-state index < -0.39 is 0 Å². The Bertz CT molecular complexity index is 333. The predicted octanol–water partition coefficient (Wildman–Crippen LogP) is 3.14. The van der Waals surface area contributed by atoms with E-state index in [0.717, 1.165) is 24.3 Å². The molecule has 1 aromatic carbocycles. The highest BCUT2D eigenvalue weighted by Gasteiger charge is 2.33. The van der Waals surface area contributed by atoms with Crippen LogP contribution in [0, 0.1) is 5.92 Å². The molecule has 1 aromatic rings. The van der Waals surface area contributed by atoms with Crippen LogP contribution in [0.15, 0.2) is 24.3 Å². The van der Waals surface area contributed by atoms with Gasteiger partial charge < -0.3 is 10.1 Å². The van der Waals surface area contributed by atoms with E-state index in [9.17, 15) is 0 Å². The Morgan fingerprint density at radius 1 is 1.38 bits per heavy atom. The first-order valence-corrected chi connectivity index (χ1v) is 6.19. The minimum atomic E-state index is 0.436. The summed E-state index contributed by atoms with van der Waals surface area (Å²) in [5.41, 5.74) is 1.34. The summed E-state index contributed by atoms with van der Waals surface area (Å²) in [5.74, 6) is 1.81. The topological polar surface area (TPSA) is 21.3 Å². The van der Waals surface area contributed by atoms with Gasteiger partial charge in [0, 0.05) is 12.1 Å². The summed E-state index contributed by atoms with van der Waals surface area (Å²) >= 11 is 0. The molecular formula is C14H21NO. The lowest BCUT2D eigenvalue weighted by molar-refractivity contribution is 0.340. The lowest BCUT2D eigenvalue weighted by atomic mass is 10.1. The fourth-order valence-electron chi connectivity index (χ4n) is 1.99. The summed E-state index contributed by atoms with van der Waals surface area (Å²) in [6.45, 7) is 7.25. The number of hydrogen-bond donors (Lipinski definition) is 1. The van der Waals surface area contributed by atoms with Crippen molar-refractivity contribution < 1.29 is 4.74 Å². The average molecular weight is 219 g/mol. The van der Waals surface area contributed by atoms with Gasteiger partial charge in [0.25, 0.3) is 0 Å². The van der Waals surface area contributed by atoms with Gasteiger partial charge in [0.05, 0.1) is 6.61 Å². The molecule has 0 saturated heterocycles. The van der Waals surface area contributed by atoms with Crippen LogP contribution in [0.4, 0.5) is 0 Å². The standard InChI is InChI=1S/C14H21NO/c1-4-16-13-7-5-12(6-8-13)11(3)15-14-9-10(14)2/h5-8,10-11,14-15H,4,9H2,1-3H3. The molecule has 3 atom stereocenters. The highest BCUT2D eigenvalue weighted by molar-refractivity contribution is 5.29. The molecule has 0 aliphatic heterocycles. The molecule has 0 aromatic heterocycles. The van der Waals surface area contributed by atoms with Crippen LogP contribution in [0.1, 0.15) is 38.8 Å². The highest BCUT2D eigenvalue weighted by atomic mass is 16.5. The van der Waals surface area contributed by atoms with Gasteiger partial charge in [-0.05, 0) is 43.9 Å². The molecule has 0 bridgehead atoms. The van der Waals surface area contributed by atoms with E-state index in [0.29, 0.717) is 6.04 Å². The molecule has 1 aliphatic rings. The van der Waals surface area contributed by atoms with Crippen molar-refractivity contribution in [3.05, 3.63) is 29.8 Å². The molecule has 2 heteroatoms. The predicted molar refractivity (Wildman–Crippen MR) is 66.7 cm³/mol. The molecule has 0 heterocycles. The summed E-state index contributed by atoms with van der Waals surface area (Å²) in [5, 5.41) is 3.63. The molecule has 1 saturated carbocycles. The van der Waals surface area contributed by atoms with E-state index in [-0.39, 0.29) is 0 Å². The quantitative estimate of drug-likeness (QED) is 0.821. The molecule has 3 unspecified atom stereocenters. The Kier molecular flexibility index (Phi) is 3.49. The second-order valence-electron chi connectivity index (χ2n) is 4.71. The van der Waals surface area contributed by atoms with Crippen molar-refractivity contribution in [2.45, 2.75) is 39.3 Å². The number of ether oxygens (including phenoxy) is 1. The van der Waals surface area contributed by atoms with Gasteiger partial charge in [-0.3, -0.25) is 0 Å². The van der Waals surface area contributed by atoms with Crippen LogP contribution < -0.4 is 10.1 Å². The number of hydrogen-bond acceptors (Lipinski definition) is 2. The SMILES string of the molecule is CCOc1ccc(C(C)NC2CC2C)cc1. The van der Waals surface area contributed by atoms with E-state index in [2.05, 4.69) is 31.3 Å². The lowest BCUT2D eigenvalue weighted by Gasteiger charge is -2.14. The zero-order valence-electron chi connectivity index (χ0n) is 10.4. The molecule has 1 aliphatic carbocycles. The van der Waals surface area contributed by atoms with Gasteiger partial charge in [0.2, 0.25) is 0 Å². The second kappa shape index (κ2) is 4.88. The summed E-state index contributed by atoms with van der Waals surface area (Å²) in [6, 6.07) is 9.55. The molecule has 88 valence electrons. The zero-order chi connectivity index (χ0) is 11.5. The maximum atomic E-state index is 5.43. The number of benzene rings is 1. The fraction of sp³-hybridized carbons (Fsp3) is 0.571.